The van der Waals surface area contributed by atoms with Crippen molar-refractivity contribution in [2.75, 3.05) is 0 Å². The van der Waals surface area contributed by atoms with E-state index in [0.29, 0.717) is 5.56 Å². The molecule has 0 bridgehead atoms. The number of rotatable bonds is 5. The number of nitrogens with zero attached hydrogens (tertiary/aromatic N) is 1. The summed E-state index contributed by atoms with van der Waals surface area (Å²) in [6.45, 7) is 5.07. The lowest BCUT2D eigenvalue weighted by Gasteiger charge is -2.07. The molecule has 0 spiro atoms. The van der Waals surface area contributed by atoms with Crippen LogP contribution in [-0.4, -0.2) is 15.6 Å². The van der Waals surface area contributed by atoms with E-state index in [1.807, 2.05) is 43.3 Å². The van der Waals surface area contributed by atoms with Crippen molar-refractivity contribution >= 4 is 16.9 Å². The molecule has 2 aromatic carbocycles. The molecule has 4 nitrogen and oxygen atoms in total. The van der Waals surface area contributed by atoms with Crippen LogP contribution in [0.1, 0.15) is 35.0 Å². The number of phenolic OH excluding ortho intramolecular Hbond substituents is 1. The zero-order valence-corrected chi connectivity index (χ0v) is 14.0. The number of hydrogen-bond acceptors (Lipinski definition) is 3. The average molecular weight is 323 g/mol. The summed E-state index contributed by atoms with van der Waals surface area (Å²) in [5.41, 5.74) is 3.29. The maximum absolute atomic E-state index is 12.7. The summed E-state index contributed by atoms with van der Waals surface area (Å²) in [7, 11) is 0. The van der Waals surface area contributed by atoms with Gasteiger partial charge in [-0.15, -0.1) is 0 Å². The molecule has 3 aromatic rings. The van der Waals surface area contributed by atoms with E-state index in [-0.39, 0.29) is 18.3 Å². The SMILES string of the molecule is CCCn1c(C)c(C(=O)OCc2ccccc2)c2cc(O)ccc21. The van der Waals surface area contributed by atoms with Gasteiger partial charge in [0.1, 0.15) is 12.4 Å². The number of aromatic nitrogens is 1. The van der Waals surface area contributed by atoms with Gasteiger partial charge in [-0.05, 0) is 37.1 Å². The second-order valence-electron chi connectivity index (χ2n) is 5.88. The Labute approximate surface area is 141 Å². The van der Waals surface area contributed by atoms with Crippen LogP contribution in [0.3, 0.4) is 0 Å². The smallest absolute Gasteiger partial charge is 0.340 e. The summed E-state index contributed by atoms with van der Waals surface area (Å²) in [5, 5.41) is 10.5. The van der Waals surface area contributed by atoms with Crippen molar-refractivity contribution in [2.24, 2.45) is 0 Å². The Morgan fingerprint density at radius 3 is 2.62 bits per heavy atom. The normalized spacial score (nSPS) is 10.9. The van der Waals surface area contributed by atoms with E-state index in [1.54, 1.807) is 12.1 Å². The third-order valence-corrected chi connectivity index (χ3v) is 4.17. The molecule has 0 aliphatic rings. The lowest BCUT2D eigenvalue weighted by atomic mass is 10.1. The highest BCUT2D eigenvalue weighted by atomic mass is 16.5. The summed E-state index contributed by atoms with van der Waals surface area (Å²) < 4.78 is 7.61. The highest BCUT2D eigenvalue weighted by Gasteiger charge is 2.21. The van der Waals surface area contributed by atoms with Crippen molar-refractivity contribution in [3.05, 3.63) is 65.4 Å². The van der Waals surface area contributed by atoms with Gasteiger partial charge in [-0.3, -0.25) is 0 Å². The Kier molecular flexibility index (Phi) is 4.56. The molecule has 0 radical (unpaired) electrons. The van der Waals surface area contributed by atoms with Gasteiger partial charge >= 0.3 is 5.97 Å². The maximum atomic E-state index is 12.7. The lowest BCUT2D eigenvalue weighted by Crippen LogP contribution is -2.08. The first-order valence-corrected chi connectivity index (χ1v) is 8.14. The Morgan fingerprint density at radius 2 is 1.92 bits per heavy atom. The quantitative estimate of drug-likeness (QED) is 0.707. The van der Waals surface area contributed by atoms with Crippen molar-refractivity contribution in [2.45, 2.75) is 33.4 Å². The molecule has 24 heavy (non-hydrogen) atoms. The molecule has 0 saturated heterocycles. The monoisotopic (exact) mass is 323 g/mol. The number of carbonyl (C=O) groups is 1. The third kappa shape index (κ3) is 3.00. The van der Waals surface area contributed by atoms with Crippen molar-refractivity contribution in [1.82, 2.24) is 4.57 Å². The van der Waals surface area contributed by atoms with Crippen LogP contribution < -0.4 is 0 Å². The molecule has 1 N–H and O–H groups in total. The van der Waals surface area contributed by atoms with Gasteiger partial charge in [0.25, 0.3) is 0 Å². The van der Waals surface area contributed by atoms with Gasteiger partial charge in [0.15, 0.2) is 0 Å². The van der Waals surface area contributed by atoms with Crippen LogP contribution in [0, 0.1) is 6.92 Å². The number of fused-ring (bicyclic) bond motifs is 1. The van der Waals surface area contributed by atoms with Crippen LogP contribution in [0.25, 0.3) is 10.9 Å². The van der Waals surface area contributed by atoms with E-state index in [9.17, 15) is 9.90 Å². The number of hydrogen-bond donors (Lipinski definition) is 1. The number of aryl methyl sites for hydroxylation is 1. The Balaban J connectivity index is 1.97. The number of phenols is 1. The molecule has 0 amide bonds. The molecule has 3 rings (SSSR count). The number of benzene rings is 2. The molecule has 0 aliphatic carbocycles. The first-order chi connectivity index (χ1) is 11.6. The molecule has 0 unspecified atom stereocenters. The minimum absolute atomic E-state index is 0.147. The first kappa shape index (κ1) is 16.1. The van der Waals surface area contributed by atoms with E-state index in [0.717, 1.165) is 35.1 Å². The first-order valence-electron chi connectivity index (χ1n) is 8.14. The Bertz CT molecular complexity index is 865. The van der Waals surface area contributed by atoms with E-state index < -0.39 is 0 Å². The van der Waals surface area contributed by atoms with Gasteiger partial charge in [0, 0.05) is 23.1 Å². The zero-order valence-electron chi connectivity index (χ0n) is 14.0. The summed E-state index contributed by atoms with van der Waals surface area (Å²) in [6, 6.07) is 14.7. The molecule has 0 atom stereocenters. The average Bonchev–Trinajstić information content (AvgIpc) is 2.85. The van der Waals surface area contributed by atoms with Crippen molar-refractivity contribution in [1.29, 1.82) is 0 Å². The van der Waals surface area contributed by atoms with E-state index in [2.05, 4.69) is 11.5 Å². The second kappa shape index (κ2) is 6.79. The number of carbonyl (C=O) groups excluding carboxylic acids is 1. The predicted octanol–water partition coefficient (Wildman–Crippen LogP) is 4.42. The highest BCUT2D eigenvalue weighted by Crippen LogP contribution is 2.30. The zero-order chi connectivity index (χ0) is 17.1. The van der Waals surface area contributed by atoms with E-state index in [1.165, 1.54) is 0 Å². The number of ether oxygens (including phenoxy) is 1. The fourth-order valence-corrected chi connectivity index (χ4v) is 3.03. The fourth-order valence-electron chi connectivity index (χ4n) is 3.03. The van der Waals surface area contributed by atoms with Crippen LogP contribution in [0.2, 0.25) is 0 Å². The standard InChI is InChI=1S/C20H21NO3/c1-3-11-21-14(2)19(17-12-16(22)9-10-18(17)21)20(23)24-13-15-7-5-4-6-8-15/h4-10,12,22H,3,11,13H2,1-2H3. The largest absolute Gasteiger partial charge is 0.508 e. The van der Waals surface area contributed by atoms with Gasteiger partial charge in [-0.1, -0.05) is 37.3 Å². The molecule has 0 fully saturated rings. The van der Waals surface area contributed by atoms with Crippen molar-refractivity contribution < 1.29 is 14.6 Å². The molecule has 124 valence electrons. The Morgan fingerprint density at radius 1 is 1.17 bits per heavy atom. The van der Waals surface area contributed by atoms with Crippen molar-refractivity contribution in [3.63, 3.8) is 0 Å². The molecule has 0 saturated carbocycles. The molecule has 4 heteroatoms. The lowest BCUT2D eigenvalue weighted by molar-refractivity contribution is 0.0474. The minimum atomic E-state index is -0.359. The van der Waals surface area contributed by atoms with Gasteiger partial charge < -0.3 is 14.4 Å². The Hall–Kier alpha value is -2.75. The number of esters is 1. The van der Waals surface area contributed by atoms with Crippen LogP contribution in [0.5, 0.6) is 5.75 Å². The van der Waals surface area contributed by atoms with E-state index in [4.69, 9.17) is 4.74 Å². The number of aromatic hydroxyl groups is 1. The molecular formula is C20H21NO3. The predicted molar refractivity (Wildman–Crippen MR) is 94.2 cm³/mol. The minimum Gasteiger partial charge on any atom is -0.508 e. The van der Waals surface area contributed by atoms with Gasteiger partial charge in [-0.2, -0.15) is 0 Å². The maximum Gasteiger partial charge on any atom is 0.340 e. The summed E-state index contributed by atoms with van der Waals surface area (Å²) in [5.74, 6) is -0.213. The van der Waals surface area contributed by atoms with Gasteiger partial charge in [-0.25, -0.2) is 4.79 Å². The third-order valence-electron chi connectivity index (χ3n) is 4.17. The van der Waals surface area contributed by atoms with Gasteiger partial charge in [0.2, 0.25) is 0 Å². The van der Waals surface area contributed by atoms with E-state index >= 15 is 0 Å². The van der Waals surface area contributed by atoms with Crippen LogP contribution in [-0.2, 0) is 17.9 Å². The summed E-state index contributed by atoms with van der Waals surface area (Å²) >= 11 is 0. The fraction of sp³-hybridized carbons (Fsp3) is 0.250. The molecular weight excluding hydrogens is 302 g/mol. The van der Waals surface area contributed by atoms with Crippen molar-refractivity contribution in [3.8, 4) is 5.75 Å². The topological polar surface area (TPSA) is 51.5 Å². The van der Waals surface area contributed by atoms with Gasteiger partial charge in [0.05, 0.1) is 5.56 Å². The van der Waals surface area contributed by atoms with Crippen LogP contribution in [0.4, 0.5) is 0 Å². The molecule has 0 aliphatic heterocycles. The van der Waals surface area contributed by atoms with Crippen LogP contribution >= 0.6 is 0 Å². The van der Waals surface area contributed by atoms with Crippen LogP contribution in [0.15, 0.2) is 48.5 Å². The molecule has 1 heterocycles. The molecule has 1 aromatic heterocycles. The second-order valence-corrected chi connectivity index (χ2v) is 5.88. The summed E-state index contributed by atoms with van der Waals surface area (Å²) in [6.07, 6.45) is 0.962. The highest BCUT2D eigenvalue weighted by molar-refractivity contribution is 6.06. The summed E-state index contributed by atoms with van der Waals surface area (Å²) in [4.78, 5) is 12.7.